The van der Waals surface area contributed by atoms with Gasteiger partial charge in [-0.25, -0.2) is 9.97 Å². The first-order chi connectivity index (χ1) is 13.6. The molecule has 1 aromatic carbocycles. The molecule has 0 fully saturated rings. The number of rotatable bonds is 5. The normalized spacial score (nSPS) is 10.9. The van der Waals surface area contributed by atoms with Crippen LogP contribution < -0.4 is 5.32 Å². The van der Waals surface area contributed by atoms with Gasteiger partial charge in [-0.3, -0.25) is 14.2 Å². The number of nitrogens with zero attached hydrogens (tertiary/aromatic N) is 4. The maximum atomic E-state index is 12.7. The predicted octanol–water partition coefficient (Wildman–Crippen LogP) is 3.38. The van der Waals surface area contributed by atoms with E-state index in [0.29, 0.717) is 17.9 Å². The molecular formula is C22H21N5O. The molecule has 3 aromatic heterocycles. The second-order valence-corrected chi connectivity index (χ2v) is 6.80. The Morgan fingerprint density at radius 3 is 2.71 bits per heavy atom. The van der Waals surface area contributed by atoms with Gasteiger partial charge in [-0.05, 0) is 44.0 Å². The van der Waals surface area contributed by atoms with Gasteiger partial charge in [-0.1, -0.05) is 29.8 Å². The Morgan fingerprint density at radius 2 is 1.96 bits per heavy atom. The van der Waals surface area contributed by atoms with Crippen molar-refractivity contribution in [2.45, 2.75) is 20.3 Å². The van der Waals surface area contributed by atoms with Crippen molar-refractivity contribution in [3.8, 4) is 11.3 Å². The molecule has 6 heteroatoms. The number of aryl methyl sites for hydroxylation is 2. The fraction of sp³-hybridized carbons (Fsp3) is 0.182. The summed E-state index contributed by atoms with van der Waals surface area (Å²) >= 11 is 0. The lowest BCUT2D eigenvalue weighted by atomic mass is 10.1. The van der Waals surface area contributed by atoms with Gasteiger partial charge in [-0.15, -0.1) is 0 Å². The molecule has 0 aliphatic carbocycles. The van der Waals surface area contributed by atoms with Crippen LogP contribution in [0, 0.1) is 13.8 Å². The van der Waals surface area contributed by atoms with E-state index in [-0.39, 0.29) is 5.91 Å². The summed E-state index contributed by atoms with van der Waals surface area (Å²) in [7, 11) is 0. The minimum Gasteiger partial charge on any atom is -0.350 e. The number of fused-ring (bicyclic) bond motifs is 1. The van der Waals surface area contributed by atoms with Crippen molar-refractivity contribution in [3.05, 3.63) is 83.7 Å². The summed E-state index contributed by atoms with van der Waals surface area (Å²) in [6.07, 6.45) is 5.89. The Morgan fingerprint density at radius 1 is 1.14 bits per heavy atom. The molecule has 3 heterocycles. The lowest BCUT2D eigenvalue weighted by Crippen LogP contribution is -2.26. The number of amides is 1. The molecule has 1 N–H and O–H groups in total. The Bertz CT molecular complexity index is 1120. The number of benzene rings is 1. The van der Waals surface area contributed by atoms with E-state index < -0.39 is 0 Å². The number of hydrogen-bond donors (Lipinski definition) is 1. The quantitative estimate of drug-likeness (QED) is 0.584. The highest BCUT2D eigenvalue weighted by molar-refractivity contribution is 5.98. The standard InChI is InChI=1S/C22H21N5O/c1-15-5-7-17(8-6-15)9-11-24-22(28)20-21-26-19(18-4-3-10-23-13-18)12-16(2)27(21)14-25-20/h3-8,10,12-14H,9,11H2,1-2H3,(H,24,28). The van der Waals surface area contributed by atoms with E-state index in [1.165, 1.54) is 11.1 Å². The van der Waals surface area contributed by atoms with Gasteiger partial charge in [-0.2, -0.15) is 0 Å². The maximum absolute atomic E-state index is 12.7. The zero-order valence-corrected chi connectivity index (χ0v) is 15.9. The van der Waals surface area contributed by atoms with Crippen molar-refractivity contribution in [1.29, 1.82) is 0 Å². The monoisotopic (exact) mass is 371 g/mol. The van der Waals surface area contributed by atoms with Crippen LogP contribution in [0.3, 0.4) is 0 Å². The van der Waals surface area contributed by atoms with E-state index in [1.807, 2.05) is 29.5 Å². The molecular weight excluding hydrogens is 350 g/mol. The van der Waals surface area contributed by atoms with Gasteiger partial charge in [0.15, 0.2) is 11.3 Å². The third kappa shape index (κ3) is 3.62. The van der Waals surface area contributed by atoms with Crippen LogP contribution in [-0.2, 0) is 6.42 Å². The number of nitrogens with one attached hydrogen (secondary N) is 1. The minimum absolute atomic E-state index is 0.218. The summed E-state index contributed by atoms with van der Waals surface area (Å²) in [6.45, 7) is 4.57. The number of carbonyl (C=O) groups is 1. The third-order valence-electron chi connectivity index (χ3n) is 4.69. The molecule has 4 aromatic rings. The molecule has 0 bridgehead atoms. The summed E-state index contributed by atoms with van der Waals surface area (Å²) < 4.78 is 1.83. The lowest BCUT2D eigenvalue weighted by molar-refractivity contribution is 0.0951. The van der Waals surface area contributed by atoms with E-state index in [1.54, 1.807) is 18.7 Å². The van der Waals surface area contributed by atoms with Crippen LogP contribution in [0.2, 0.25) is 0 Å². The maximum Gasteiger partial charge on any atom is 0.273 e. The number of aromatic nitrogens is 4. The highest BCUT2D eigenvalue weighted by atomic mass is 16.1. The van der Waals surface area contributed by atoms with Crippen LogP contribution in [0.5, 0.6) is 0 Å². The topological polar surface area (TPSA) is 72.2 Å². The number of carbonyl (C=O) groups excluding carboxylic acids is 1. The summed E-state index contributed by atoms with van der Waals surface area (Å²) in [5.41, 5.74) is 5.92. The second kappa shape index (κ2) is 7.60. The van der Waals surface area contributed by atoms with Gasteiger partial charge in [0, 0.05) is 30.2 Å². The van der Waals surface area contributed by atoms with Gasteiger partial charge in [0.2, 0.25) is 0 Å². The Hall–Kier alpha value is -3.54. The highest BCUT2D eigenvalue weighted by Gasteiger charge is 2.16. The summed E-state index contributed by atoms with van der Waals surface area (Å²) in [5.74, 6) is -0.218. The second-order valence-electron chi connectivity index (χ2n) is 6.80. The van der Waals surface area contributed by atoms with E-state index >= 15 is 0 Å². The van der Waals surface area contributed by atoms with Gasteiger partial charge < -0.3 is 5.32 Å². The van der Waals surface area contributed by atoms with E-state index in [9.17, 15) is 4.79 Å². The van der Waals surface area contributed by atoms with Gasteiger partial charge in [0.25, 0.3) is 5.91 Å². The molecule has 1 amide bonds. The Kier molecular flexibility index (Phi) is 4.85. The predicted molar refractivity (Wildman–Crippen MR) is 108 cm³/mol. The molecule has 0 radical (unpaired) electrons. The molecule has 0 aliphatic rings. The van der Waals surface area contributed by atoms with Crippen molar-refractivity contribution >= 4 is 11.6 Å². The zero-order valence-electron chi connectivity index (χ0n) is 15.9. The largest absolute Gasteiger partial charge is 0.350 e. The first-order valence-corrected chi connectivity index (χ1v) is 9.20. The zero-order chi connectivity index (χ0) is 19.5. The molecule has 0 atom stereocenters. The van der Waals surface area contributed by atoms with Crippen LogP contribution in [0.15, 0.2) is 61.2 Å². The van der Waals surface area contributed by atoms with E-state index in [2.05, 4.69) is 51.5 Å². The van der Waals surface area contributed by atoms with Crippen LogP contribution in [0.25, 0.3) is 16.9 Å². The van der Waals surface area contributed by atoms with Crippen molar-refractivity contribution in [2.24, 2.45) is 0 Å². The first-order valence-electron chi connectivity index (χ1n) is 9.20. The van der Waals surface area contributed by atoms with Gasteiger partial charge >= 0.3 is 0 Å². The highest BCUT2D eigenvalue weighted by Crippen LogP contribution is 2.20. The summed E-state index contributed by atoms with van der Waals surface area (Å²) in [5, 5.41) is 2.95. The smallest absolute Gasteiger partial charge is 0.273 e. The van der Waals surface area contributed by atoms with Crippen LogP contribution in [-0.4, -0.2) is 31.8 Å². The number of imidazole rings is 1. The SMILES string of the molecule is Cc1ccc(CCNC(=O)c2ncn3c(C)cc(-c4cccnc4)nc23)cc1. The van der Waals surface area contributed by atoms with Gasteiger partial charge in [0.1, 0.15) is 6.33 Å². The molecule has 0 saturated heterocycles. The number of hydrogen-bond acceptors (Lipinski definition) is 4. The van der Waals surface area contributed by atoms with E-state index in [4.69, 9.17) is 0 Å². The fourth-order valence-corrected chi connectivity index (χ4v) is 3.10. The summed E-state index contributed by atoms with van der Waals surface area (Å²) in [6, 6.07) is 14.1. The van der Waals surface area contributed by atoms with E-state index in [0.717, 1.165) is 23.4 Å². The first kappa shape index (κ1) is 17.9. The van der Waals surface area contributed by atoms with Crippen molar-refractivity contribution < 1.29 is 4.79 Å². The average molecular weight is 371 g/mol. The van der Waals surface area contributed by atoms with Crippen LogP contribution in [0.1, 0.15) is 27.3 Å². The molecule has 0 saturated carbocycles. The molecule has 4 rings (SSSR count). The Labute approximate surface area is 163 Å². The Balaban J connectivity index is 1.55. The van der Waals surface area contributed by atoms with Crippen molar-refractivity contribution in [3.63, 3.8) is 0 Å². The van der Waals surface area contributed by atoms with Crippen molar-refractivity contribution in [2.75, 3.05) is 6.54 Å². The van der Waals surface area contributed by atoms with Gasteiger partial charge in [0.05, 0.1) is 5.69 Å². The molecule has 0 unspecified atom stereocenters. The minimum atomic E-state index is -0.218. The molecule has 0 spiro atoms. The number of pyridine rings is 1. The molecule has 6 nitrogen and oxygen atoms in total. The van der Waals surface area contributed by atoms with Crippen LogP contribution in [0.4, 0.5) is 0 Å². The average Bonchev–Trinajstić information content (AvgIpc) is 3.15. The fourth-order valence-electron chi connectivity index (χ4n) is 3.10. The van der Waals surface area contributed by atoms with Crippen LogP contribution >= 0.6 is 0 Å². The molecule has 140 valence electrons. The van der Waals surface area contributed by atoms with Crippen molar-refractivity contribution in [1.82, 2.24) is 24.7 Å². The lowest BCUT2D eigenvalue weighted by Gasteiger charge is -2.07. The molecule has 0 aliphatic heterocycles. The third-order valence-corrected chi connectivity index (χ3v) is 4.69. The molecule has 28 heavy (non-hydrogen) atoms. The summed E-state index contributed by atoms with van der Waals surface area (Å²) in [4.78, 5) is 25.8.